The van der Waals surface area contributed by atoms with Crippen molar-refractivity contribution in [2.24, 2.45) is 0 Å². The molecule has 0 spiro atoms. The lowest BCUT2D eigenvalue weighted by Gasteiger charge is -2.25. The summed E-state index contributed by atoms with van der Waals surface area (Å²) < 4.78 is 1.93. The van der Waals surface area contributed by atoms with E-state index in [1.807, 2.05) is 29.8 Å². The standard InChI is InChI=1S/C21H30N6O/c1-16-20(24-25-27(16)17-10-12-22-13-11-17)21(28)23-18-8-4-5-9-19(18)26-14-6-2-3-7-15-26/h4-5,8-9,17,22H,2-3,6-7,10-15H2,1H3,(H,23,28). The summed E-state index contributed by atoms with van der Waals surface area (Å²) in [4.78, 5) is 15.4. The lowest BCUT2D eigenvalue weighted by molar-refractivity contribution is 0.102. The van der Waals surface area contributed by atoms with Crippen molar-refractivity contribution in [1.29, 1.82) is 0 Å². The molecular weight excluding hydrogens is 352 g/mol. The van der Waals surface area contributed by atoms with Crippen LogP contribution in [0.5, 0.6) is 0 Å². The van der Waals surface area contributed by atoms with E-state index < -0.39 is 0 Å². The van der Waals surface area contributed by atoms with Crippen molar-refractivity contribution in [1.82, 2.24) is 20.3 Å². The van der Waals surface area contributed by atoms with E-state index >= 15 is 0 Å². The van der Waals surface area contributed by atoms with Gasteiger partial charge in [0.15, 0.2) is 5.69 Å². The molecule has 1 aromatic heterocycles. The number of para-hydroxylation sites is 2. The van der Waals surface area contributed by atoms with Crippen LogP contribution in [0.15, 0.2) is 24.3 Å². The molecule has 1 amide bonds. The van der Waals surface area contributed by atoms with E-state index in [9.17, 15) is 4.79 Å². The molecule has 0 bridgehead atoms. The van der Waals surface area contributed by atoms with Gasteiger partial charge in [0.05, 0.1) is 23.1 Å². The number of hydrogen-bond acceptors (Lipinski definition) is 5. The second-order valence-corrected chi connectivity index (χ2v) is 7.82. The number of amides is 1. The topological polar surface area (TPSA) is 75.1 Å². The summed E-state index contributed by atoms with van der Waals surface area (Å²) in [6.07, 6.45) is 7.00. The molecule has 0 unspecified atom stereocenters. The number of rotatable bonds is 4. The first kappa shape index (κ1) is 18.9. The van der Waals surface area contributed by atoms with E-state index in [4.69, 9.17) is 0 Å². The molecule has 0 radical (unpaired) electrons. The monoisotopic (exact) mass is 382 g/mol. The number of nitrogens with zero attached hydrogens (tertiary/aromatic N) is 4. The molecule has 7 heteroatoms. The molecule has 2 aliphatic heterocycles. The van der Waals surface area contributed by atoms with Crippen molar-refractivity contribution in [3.63, 3.8) is 0 Å². The first-order valence-corrected chi connectivity index (χ1v) is 10.5. The number of aromatic nitrogens is 3. The fourth-order valence-corrected chi connectivity index (χ4v) is 4.30. The number of piperidine rings is 1. The average molecular weight is 383 g/mol. The minimum atomic E-state index is -0.181. The van der Waals surface area contributed by atoms with Gasteiger partial charge >= 0.3 is 0 Å². The smallest absolute Gasteiger partial charge is 0.278 e. The zero-order chi connectivity index (χ0) is 19.3. The van der Waals surface area contributed by atoms with Crippen LogP contribution < -0.4 is 15.5 Å². The summed E-state index contributed by atoms with van der Waals surface area (Å²) in [6.45, 7) is 5.98. The maximum absolute atomic E-state index is 13.0. The molecule has 3 heterocycles. The molecule has 150 valence electrons. The molecule has 0 saturated carbocycles. The highest BCUT2D eigenvalue weighted by molar-refractivity contribution is 6.05. The summed E-state index contributed by atoms with van der Waals surface area (Å²) >= 11 is 0. The Balaban J connectivity index is 1.52. The van der Waals surface area contributed by atoms with E-state index in [0.29, 0.717) is 11.7 Å². The van der Waals surface area contributed by atoms with Crippen LogP contribution in [0.4, 0.5) is 11.4 Å². The van der Waals surface area contributed by atoms with Crippen LogP contribution >= 0.6 is 0 Å². The van der Waals surface area contributed by atoms with E-state index in [-0.39, 0.29) is 5.91 Å². The van der Waals surface area contributed by atoms with Gasteiger partial charge in [0, 0.05) is 13.1 Å². The maximum Gasteiger partial charge on any atom is 0.278 e. The van der Waals surface area contributed by atoms with Crippen molar-refractivity contribution >= 4 is 17.3 Å². The largest absolute Gasteiger partial charge is 0.370 e. The molecule has 2 fully saturated rings. The first-order valence-electron chi connectivity index (χ1n) is 10.5. The third kappa shape index (κ3) is 4.04. The number of anilines is 2. The van der Waals surface area contributed by atoms with Crippen molar-refractivity contribution < 1.29 is 4.79 Å². The number of benzene rings is 1. The van der Waals surface area contributed by atoms with E-state index in [1.54, 1.807) is 0 Å². The van der Waals surface area contributed by atoms with Crippen LogP contribution in [0, 0.1) is 6.92 Å². The van der Waals surface area contributed by atoms with Gasteiger partial charge in [-0.25, -0.2) is 4.68 Å². The highest BCUT2D eigenvalue weighted by Crippen LogP contribution is 2.29. The molecule has 2 aliphatic rings. The molecule has 28 heavy (non-hydrogen) atoms. The number of hydrogen-bond donors (Lipinski definition) is 2. The van der Waals surface area contributed by atoms with Crippen molar-refractivity contribution in [3.05, 3.63) is 35.7 Å². The summed E-state index contributed by atoms with van der Waals surface area (Å²) in [7, 11) is 0. The summed E-state index contributed by atoms with van der Waals surface area (Å²) in [6, 6.07) is 8.40. The zero-order valence-electron chi connectivity index (χ0n) is 16.7. The average Bonchev–Trinajstić information content (AvgIpc) is 2.92. The lowest BCUT2D eigenvalue weighted by atomic mass is 10.1. The lowest BCUT2D eigenvalue weighted by Crippen LogP contribution is -2.30. The maximum atomic E-state index is 13.0. The second kappa shape index (κ2) is 8.73. The van der Waals surface area contributed by atoms with Gasteiger partial charge in [0.2, 0.25) is 0 Å². The zero-order valence-corrected chi connectivity index (χ0v) is 16.7. The number of carbonyl (C=O) groups is 1. The molecule has 0 aliphatic carbocycles. The molecular formula is C21H30N6O. The van der Waals surface area contributed by atoms with Crippen LogP contribution in [0.25, 0.3) is 0 Å². The molecule has 4 rings (SSSR count). The minimum Gasteiger partial charge on any atom is -0.370 e. The Hall–Kier alpha value is -2.41. The number of carbonyl (C=O) groups excluding carboxylic acids is 1. The Kier molecular flexibility index (Phi) is 5.90. The second-order valence-electron chi connectivity index (χ2n) is 7.82. The highest BCUT2D eigenvalue weighted by atomic mass is 16.2. The molecule has 0 atom stereocenters. The van der Waals surface area contributed by atoms with E-state index in [2.05, 4.69) is 31.9 Å². The first-order chi connectivity index (χ1) is 13.7. The number of nitrogens with one attached hydrogen (secondary N) is 2. The Morgan fingerprint density at radius 3 is 2.57 bits per heavy atom. The van der Waals surface area contributed by atoms with Gasteiger partial charge in [-0.05, 0) is 57.8 Å². The normalized spacial score (nSPS) is 18.7. The highest BCUT2D eigenvalue weighted by Gasteiger charge is 2.24. The predicted octanol–water partition coefficient (Wildman–Crippen LogP) is 3.14. The van der Waals surface area contributed by atoms with Gasteiger partial charge < -0.3 is 15.5 Å². The third-order valence-electron chi connectivity index (χ3n) is 5.90. The van der Waals surface area contributed by atoms with Gasteiger partial charge in [0.1, 0.15) is 0 Å². The summed E-state index contributed by atoms with van der Waals surface area (Å²) in [5, 5.41) is 15.0. The van der Waals surface area contributed by atoms with E-state index in [0.717, 1.165) is 56.1 Å². The molecule has 1 aromatic carbocycles. The van der Waals surface area contributed by atoms with Crippen LogP contribution in [0.2, 0.25) is 0 Å². The van der Waals surface area contributed by atoms with E-state index in [1.165, 1.54) is 25.7 Å². The van der Waals surface area contributed by atoms with Crippen molar-refractivity contribution in [2.75, 3.05) is 36.4 Å². The van der Waals surface area contributed by atoms with Gasteiger partial charge in [-0.3, -0.25) is 4.79 Å². The summed E-state index contributed by atoms with van der Waals surface area (Å²) in [5.74, 6) is -0.181. The Morgan fingerprint density at radius 2 is 1.82 bits per heavy atom. The minimum absolute atomic E-state index is 0.181. The Labute approximate surface area is 166 Å². The Morgan fingerprint density at radius 1 is 1.11 bits per heavy atom. The molecule has 7 nitrogen and oxygen atoms in total. The van der Waals surface area contributed by atoms with Crippen LogP contribution in [0.1, 0.15) is 60.7 Å². The van der Waals surface area contributed by atoms with Crippen LogP contribution in [-0.4, -0.2) is 47.1 Å². The third-order valence-corrected chi connectivity index (χ3v) is 5.90. The molecule has 2 N–H and O–H groups in total. The van der Waals surface area contributed by atoms with Crippen molar-refractivity contribution in [2.45, 2.75) is 51.5 Å². The predicted molar refractivity (Wildman–Crippen MR) is 111 cm³/mol. The molecule has 2 saturated heterocycles. The van der Waals surface area contributed by atoms with Crippen molar-refractivity contribution in [3.8, 4) is 0 Å². The SMILES string of the molecule is Cc1c(C(=O)Nc2ccccc2N2CCCCCC2)nnn1C1CCNCC1. The fourth-order valence-electron chi connectivity index (χ4n) is 4.30. The molecule has 2 aromatic rings. The van der Waals surface area contributed by atoms with Gasteiger partial charge in [-0.1, -0.05) is 30.2 Å². The summed E-state index contributed by atoms with van der Waals surface area (Å²) in [5.41, 5.74) is 3.22. The van der Waals surface area contributed by atoms with Gasteiger partial charge in [0.25, 0.3) is 5.91 Å². The van der Waals surface area contributed by atoms with Crippen LogP contribution in [0.3, 0.4) is 0 Å². The van der Waals surface area contributed by atoms with Gasteiger partial charge in [-0.15, -0.1) is 5.10 Å². The quantitative estimate of drug-likeness (QED) is 0.850. The Bertz CT molecular complexity index is 803. The fraction of sp³-hybridized carbons (Fsp3) is 0.571. The van der Waals surface area contributed by atoms with Crippen LogP contribution in [-0.2, 0) is 0 Å². The van der Waals surface area contributed by atoms with Gasteiger partial charge in [-0.2, -0.15) is 0 Å².